The number of carbonyl (C=O) groups is 1. The van der Waals surface area contributed by atoms with E-state index in [0.29, 0.717) is 6.29 Å². The van der Waals surface area contributed by atoms with Gasteiger partial charge in [-0.3, -0.25) is 0 Å². The van der Waals surface area contributed by atoms with Crippen molar-refractivity contribution in [1.82, 2.24) is 0 Å². The lowest BCUT2D eigenvalue weighted by Gasteiger charge is -1.74. The third-order valence-corrected chi connectivity index (χ3v) is 0.408. The SMILES string of the molecule is BC(C#N)C=O. The molecule has 0 bridgehead atoms. The Morgan fingerprint density at radius 1 is 2.00 bits per heavy atom. The summed E-state index contributed by atoms with van der Waals surface area (Å²) >= 11 is 0. The molecule has 0 spiro atoms. The highest BCUT2D eigenvalue weighted by Gasteiger charge is 1.89. The molecule has 0 N–H and O–H groups in total. The first-order valence-corrected chi connectivity index (χ1v) is 1.66. The predicted molar refractivity (Wildman–Crippen MR) is 24.0 cm³/mol. The van der Waals surface area contributed by atoms with Gasteiger partial charge in [-0.25, -0.2) is 0 Å². The summed E-state index contributed by atoms with van der Waals surface area (Å²) in [5.74, 6) is -0.440. The molecule has 6 heavy (non-hydrogen) atoms. The van der Waals surface area contributed by atoms with Crippen LogP contribution >= 0.6 is 0 Å². The molecule has 0 heterocycles. The molecule has 0 aliphatic carbocycles. The average Bonchev–Trinajstić information content (AvgIpc) is 1.65. The molecule has 0 rings (SSSR count). The van der Waals surface area contributed by atoms with Gasteiger partial charge in [-0.05, 0) is 0 Å². The highest BCUT2D eigenvalue weighted by atomic mass is 16.1. The summed E-state index contributed by atoms with van der Waals surface area (Å²) in [4.78, 5) is 9.51. The van der Waals surface area contributed by atoms with Crippen molar-refractivity contribution in [2.75, 3.05) is 0 Å². The van der Waals surface area contributed by atoms with Gasteiger partial charge in [-0.2, -0.15) is 5.26 Å². The quantitative estimate of drug-likeness (QED) is 0.304. The highest BCUT2D eigenvalue weighted by Crippen LogP contribution is 1.82. The highest BCUT2D eigenvalue weighted by molar-refractivity contribution is 6.21. The van der Waals surface area contributed by atoms with E-state index in [2.05, 4.69) is 0 Å². The van der Waals surface area contributed by atoms with Crippen molar-refractivity contribution in [3.8, 4) is 6.07 Å². The first-order valence-electron chi connectivity index (χ1n) is 1.66. The van der Waals surface area contributed by atoms with Gasteiger partial charge in [0.2, 0.25) is 0 Å². The predicted octanol–water partition coefficient (Wildman–Crippen LogP) is -0.870. The van der Waals surface area contributed by atoms with Crippen LogP contribution in [0.15, 0.2) is 0 Å². The second-order valence-electron chi connectivity index (χ2n) is 1.05. The zero-order valence-electron chi connectivity index (χ0n) is 3.51. The fourth-order valence-electron chi connectivity index (χ4n) is 0.0304. The van der Waals surface area contributed by atoms with Crippen LogP contribution in [0.2, 0.25) is 5.82 Å². The zero-order valence-corrected chi connectivity index (χ0v) is 3.51. The van der Waals surface area contributed by atoms with Crippen molar-refractivity contribution in [3.05, 3.63) is 0 Å². The summed E-state index contributed by atoms with van der Waals surface area (Å²) in [6.45, 7) is 0. The third-order valence-electron chi connectivity index (χ3n) is 0.408. The molecular weight excluding hydrogens is 76.9 g/mol. The van der Waals surface area contributed by atoms with E-state index in [0.717, 1.165) is 0 Å². The van der Waals surface area contributed by atoms with Gasteiger partial charge in [0, 0.05) is 0 Å². The third kappa shape index (κ3) is 1.54. The van der Waals surface area contributed by atoms with E-state index in [9.17, 15) is 4.79 Å². The van der Waals surface area contributed by atoms with E-state index in [-0.39, 0.29) is 0 Å². The van der Waals surface area contributed by atoms with E-state index < -0.39 is 5.82 Å². The zero-order chi connectivity index (χ0) is 4.99. The van der Waals surface area contributed by atoms with Crippen molar-refractivity contribution in [1.29, 1.82) is 5.26 Å². The maximum Gasteiger partial charge on any atom is 0.133 e. The standard InChI is InChI=1S/C3H4BNO/c4-3(1-5)2-6/h2-3H,4H2. The Morgan fingerprint density at radius 3 is 2.50 bits per heavy atom. The van der Waals surface area contributed by atoms with Gasteiger partial charge in [0.05, 0.1) is 11.9 Å². The summed E-state index contributed by atoms with van der Waals surface area (Å²) < 4.78 is 0. The number of hydrogen-bond donors (Lipinski definition) is 0. The Bertz CT molecular complexity index is 85.3. The maximum atomic E-state index is 9.51. The normalized spacial score (nSPS) is 11.8. The number of hydrogen-bond acceptors (Lipinski definition) is 2. The van der Waals surface area contributed by atoms with Crippen LogP contribution in [0.3, 0.4) is 0 Å². The minimum atomic E-state index is -0.440. The van der Waals surface area contributed by atoms with Crippen molar-refractivity contribution in [2.24, 2.45) is 0 Å². The summed E-state index contributed by atoms with van der Waals surface area (Å²) in [6, 6.07) is 1.75. The average molecular weight is 80.9 g/mol. The molecule has 0 aromatic carbocycles. The molecule has 0 amide bonds. The lowest BCUT2D eigenvalue weighted by atomic mass is 9.91. The molecular formula is C3H4BNO. The summed E-state index contributed by atoms with van der Waals surface area (Å²) in [6.07, 6.45) is 0.611. The van der Waals surface area contributed by atoms with Gasteiger partial charge in [-0.15, -0.1) is 0 Å². The van der Waals surface area contributed by atoms with Crippen LogP contribution in [-0.4, -0.2) is 14.1 Å². The van der Waals surface area contributed by atoms with Crippen LogP contribution in [0.5, 0.6) is 0 Å². The number of rotatable bonds is 1. The van der Waals surface area contributed by atoms with E-state index in [1.165, 1.54) is 0 Å². The second kappa shape index (κ2) is 2.46. The first-order chi connectivity index (χ1) is 2.81. The molecule has 0 aromatic rings. The summed E-state index contributed by atoms with van der Waals surface area (Å²) in [7, 11) is 1.55. The number of carbonyl (C=O) groups excluding carboxylic acids is 1. The molecule has 0 aliphatic heterocycles. The Labute approximate surface area is 37.2 Å². The molecule has 0 aromatic heterocycles. The van der Waals surface area contributed by atoms with Crippen LogP contribution in [-0.2, 0) is 4.79 Å². The number of aldehydes is 1. The number of nitriles is 1. The second-order valence-corrected chi connectivity index (χ2v) is 1.05. The summed E-state index contributed by atoms with van der Waals surface area (Å²) in [5.41, 5.74) is 0. The topological polar surface area (TPSA) is 40.9 Å². The van der Waals surface area contributed by atoms with Crippen LogP contribution < -0.4 is 0 Å². The van der Waals surface area contributed by atoms with Crippen molar-refractivity contribution in [3.63, 3.8) is 0 Å². The molecule has 0 fully saturated rings. The van der Waals surface area contributed by atoms with Crippen LogP contribution in [0.4, 0.5) is 0 Å². The molecule has 1 unspecified atom stereocenters. The van der Waals surface area contributed by atoms with Crippen molar-refractivity contribution < 1.29 is 4.79 Å². The van der Waals surface area contributed by atoms with Crippen LogP contribution in [0, 0.1) is 11.3 Å². The van der Waals surface area contributed by atoms with Crippen LogP contribution in [0.1, 0.15) is 0 Å². The lowest BCUT2D eigenvalue weighted by Crippen LogP contribution is -1.85. The van der Waals surface area contributed by atoms with Crippen molar-refractivity contribution >= 4 is 14.1 Å². The molecule has 30 valence electrons. The molecule has 0 saturated heterocycles. The Hall–Kier alpha value is -0.775. The first kappa shape index (κ1) is 5.22. The fraction of sp³-hybridized carbons (Fsp3) is 0.333. The van der Waals surface area contributed by atoms with Crippen molar-refractivity contribution in [2.45, 2.75) is 5.82 Å². The van der Waals surface area contributed by atoms with E-state index >= 15 is 0 Å². The van der Waals surface area contributed by atoms with Crippen LogP contribution in [0.25, 0.3) is 0 Å². The molecule has 0 aliphatic rings. The Morgan fingerprint density at radius 2 is 2.50 bits per heavy atom. The monoisotopic (exact) mass is 81.0 g/mol. The van der Waals surface area contributed by atoms with E-state index in [4.69, 9.17) is 5.26 Å². The lowest BCUT2D eigenvalue weighted by molar-refractivity contribution is -0.106. The summed E-state index contributed by atoms with van der Waals surface area (Å²) in [5, 5.41) is 7.85. The van der Waals surface area contributed by atoms with Gasteiger partial charge >= 0.3 is 0 Å². The maximum absolute atomic E-state index is 9.51. The van der Waals surface area contributed by atoms with Gasteiger partial charge in [0.25, 0.3) is 0 Å². The smallest absolute Gasteiger partial charge is 0.133 e. The van der Waals surface area contributed by atoms with Gasteiger partial charge in [-0.1, -0.05) is 0 Å². The minimum absolute atomic E-state index is 0.440. The molecule has 0 radical (unpaired) electrons. The molecule has 3 heteroatoms. The van der Waals surface area contributed by atoms with Gasteiger partial charge in [0.1, 0.15) is 14.1 Å². The van der Waals surface area contributed by atoms with E-state index in [1.807, 2.05) is 0 Å². The molecule has 0 saturated carbocycles. The van der Waals surface area contributed by atoms with E-state index in [1.54, 1.807) is 13.9 Å². The Kier molecular flexibility index (Phi) is 2.14. The van der Waals surface area contributed by atoms with Gasteiger partial charge < -0.3 is 4.79 Å². The molecule has 1 atom stereocenters. The number of nitrogens with zero attached hydrogens (tertiary/aromatic N) is 1. The van der Waals surface area contributed by atoms with Gasteiger partial charge in [0.15, 0.2) is 0 Å². The minimum Gasteiger partial charge on any atom is -0.303 e. The molecule has 2 nitrogen and oxygen atoms in total. The Balaban J connectivity index is 3.30. The largest absolute Gasteiger partial charge is 0.303 e. The fourth-order valence-corrected chi connectivity index (χ4v) is 0.0304.